The molecule has 0 radical (unpaired) electrons. The Balaban J connectivity index is 3.30. The minimum atomic E-state index is -1.39. The number of carbonyl (C=O) groups excluding carboxylic acids is 1. The molecule has 7 nitrogen and oxygen atoms in total. The van der Waals surface area contributed by atoms with Gasteiger partial charge in [-0.15, -0.1) is 0 Å². The van der Waals surface area contributed by atoms with Gasteiger partial charge in [0.15, 0.2) is 11.5 Å². The average Bonchev–Trinajstić information content (AvgIpc) is 2.39. The minimum Gasteiger partial charge on any atom is -0.461 e. The van der Waals surface area contributed by atoms with Gasteiger partial charge < -0.3 is 15.6 Å². The lowest BCUT2D eigenvalue weighted by Crippen LogP contribution is -2.29. The lowest BCUT2D eigenvalue weighted by Gasteiger charge is -2.18. The molecular weight excluding hydrogens is 260 g/mol. The number of nitriles is 1. The van der Waals surface area contributed by atoms with Gasteiger partial charge in [-0.1, -0.05) is 0 Å². The van der Waals surface area contributed by atoms with Gasteiger partial charge in [0.2, 0.25) is 0 Å². The number of aromatic nitrogens is 2. The fraction of sp³-hybridized carbons (Fsp3) is 0.385. The Morgan fingerprint density at radius 2 is 2.25 bits per heavy atom. The molecule has 20 heavy (non-hydrogen) atoms. The Morgan fingerprint density at radius 1 is 1.60 bits per heavy atom. The van der Waals surface area contributed by atoms with Crippen molar-refractivity contribution in [3.05, 3.63) is 29.5 Å². The molecule has 0 aliphatic rings. The highest BCUT2D eigenvalue weighted by atomic mass is 16.5. The summed E-state index contributed by atoms with van der Waals surface area (Å²) in [5.41, 5.74) is 4.21. The molecule has 0 fully saturated rings. The highest BCUT2D eigenvalue weighted by Gasteiger charge is 2.23. The van der Waals surface area contributed by atoms with Crippen molar-refractivity contribution in [3.8, 4) is 6.07 Å². The van der Waals surface area contributed by atoms with Crippen LogP contribution in [0.3, 0.4) is 0 Å². The van der Waals surface area contributed by atoms with E-state index in [1.165, 1.54) is 26.1 Å². The number of nitrogens with zero attached hydrogens (tertiary/aromatic N) is 3. The highest BCUT2D eigenvalue weighted by molar-refractivity contribution is 5.88. The van der Waals surface area contributed by atoms with E-state index in [1.807, 2.05) is 6.07 Å². The summed E-state index contributed by atoms with van der Waals surface area (Å²) in [5.74, 6) is -0.645. The fourth-order valence-corrected chi connectivity index (χ4v) is 1.33. The number of rotatable bonds is 4. The van der Waals surface area contributed by atoms with E-state index in [1.54, 1.807) is 6.92 Å². The lowest BCUT2D eigenvalue weighted by atomic mass is 10.0. The Kier molecular flexibility index (Phi) is 4.78. The molecule has 0 saturated heterocycles. The molecule has 0 saturated carbocycles. The first-order chi connectivity index (χ1) is 9.31. The van der Waals surface area contributed by atoms with Crippen LogP contribution in [0.1, 0.15) is 37.1 Å². The standard InChI is InChI=1S/C13H16N4O3/c1-4-20-12(18)9-5-6-16-11(17-9)8(7-14)10(15)13(2,3)19/h5-6,19H,4,15H2,1-3H3/b10-8-. The molecule has 7 heteroatoms. The number of ether oxygens (including phenoxy) is 1. The van der Waals surface area contributed by atoms with Crippen LogP contribution in [0.2, 0.25) is 0 Å². The minimum absolute atomic E-state index is 0.0214. The zero-order chi connectivity index (χ0) is 15.3. The van der Waals surface area contributed by atoms with Gasteiger partial charge >= 0.3 is 5.97 Å². The van der Waals surface area contributed by atoms with Crippen molar-refractivity contribution in [2.45, 2.75) is 26.4 Å². The summed E-state index contributed by atoms with van der Waals surface area (Å²) in [7, 11) is 0. The third-order valence-electron chi connectivity index (χ3n) is 2.40. The lowest BCUT2D eigenvalue weighted by molar-refractivity contribution is 0.0519. The molecule has 0 unspecified atom stereocenters. The average molecular weight is 276 g/mol. The molecule has 1 aromatic heterocycles. The normalized spacial score (nSPS) is 12.3. The van der Waals surface area contributed by atoms with Crippen molar-refractivity contribution < 1.29 is 14.6 Å². The van der Waals surface area contributed by atoms with Crippen LogP contribution < -0.4 is 5.73 Å². The maximum atomic E-state index is 11.6. The summed E-state index contributed by atoms with van der Waals surface area (Å²) in [5, 5.41) is 19.0. The molecule has 0 spiro atoms. The fourth-order valence-electron chi connectivity index (χ4n) is 1.33. The monoisotopic (exact) mass is 276 g/mol. The topological polar surface area (TPSA) is 122 Å². The summed E-state index contributed by atoms with van der Waals surface area (Å²) in [6.45, 7) is 4.77. The predicted molar refractivity (Wildman–Crippen MR) is 71.0 cm³/mol. The van der Waals surface area contributed by atoms with E-state index in [9.17, 15) is 9.90 Å². The number of esters is 1. The van der Waals surface area contributed by atoms with Crippen LogP contribution in [0.15, 0.2) is 18.0 Å². The number of aliphatic hydroxyl groups is 1. The van der Waals surface area contributed by atoms with Crippen LogP contribution in [-0.4, -0.2) is 33.3 Å². The van der Waals surface area contributed by atoms with E-state index < -0.39 is 11.6 Å². The molecule has 106 valence electrons. The van der Waals surface area contributed by atoms with Gasteiger partial charge in [0.25, 0.3) is 0 Å². The van der Waals surface area contributed by atoms with Crippen LogP contribution in [0, 0.1) is 11.3 Å². The summed E-state index contributed by atoms with van der Waals surface area (Å²) in [6, 6.07) is 3.21. The molecule has 0 amide bonds. The van der Waals surface area contributed by atoms with E-state index in [-0.39, 0.29) is 29.4 Å². The van der Waals surface area contributed by atoms with Crippen molar-refractivity contribution in [1.82, 2.24) is 9.97 Å². The van der Waals surface area contributed by atoms with Crippen LogP contribution >= 0.6 is 0 Å². The molecule has 0 atom stereocenters. The first kappa shape index (κ1) is 15.6. The molecule has 0 aliphatic heterocycles. The Bertz CT molecular complexity index is 582. The molecule has 3 N–H and O–H groups in total. The van der Waals surface area contributed by atoms with E-state index in [0.29, 0.717) is 0 Å². The maximum Gasteiger partial charge on any atom is 0.357 e. The SMILES string of the molecule is CCOC(=O)c1ccnc(/C(C#N)=C(\N)C(C)(C)O)n1. The van der Waals surface area contributed by atoms with Gasteiger partial charge in [0.05, 0.1) is 17.9 Å². The quantitative estimate of drug-likeness (QED) is 0.610. The van der Waals surface area contributed by atoms with Crippen molar-refractivity contribution in [1.29, 1.82) is 5.26 Å². The van der Waals surface area contributed by atoms with Gasteiger partial charge in [0.1, 0.15) is 11.6 Å². The Hall–Kier alpha value is -2.46. The molecule has 1 aromatic rings. The molecule has 0 bridgehead atoms. The van der Waals surface area contributed by atoms with E-state index in [2.05, 4.69) is 9.97 Å². The first-order valence-corrected chi connectivity index (χ1v) is 5.94. The zero-order valence-corrected chi connectivity index (χ0v) is 11.5. The van der Waals surface area contributed by atoms with E-state index in [0.717, 1.165) is 0 Å². The number of allylic oxidation sites excluding steroid dienone is 1. The third-order valence-corrected chi connectivity index (χ3v) is 2.40. The first-order valence-electron chi connectivity index (χ1n) is 5.94. The number of carbonyl (C=O) groups is 1. The van der Waals surface area contributed by atoms with Crippen molar-refractivity contribution in [2.24, 2.45) is 5.73 Å². The summed E-state index contributed by atoms with van der Waals surface area (Å²) >= 11 is 0. The van der Waals surface area contributed by atoms with Gasteiger partial charge in [0, 0.05) is 6.20 Å². The molecule has 0 aromatic carbocycles. The number of hydrogen-bond donors (Lipinski definition) is 2. The zero-order valence-electron chi connectivity index (χ0n) is 11.5. The summed E-state index contributed by atoms with van der Waals surface area (Å²) in [4.78, 5) is 19.4. The van der Waals surface area contributed by atoms with Gasteiger partial charge in [-0.05, 0) is 26.8 Å². The van der Waals surface area contributed by atoms with Crippen molar-refractivity contribution in [3.63, 3.8) is 0 Å². The molecule has 0 aliphatic carbocycles. The molecular formula is C13H16N4O3. The Labute approximate surface area is 116 Å². The third kappa shape index (κ3) is 3.52. The van der Waals surface area contributed by atoms with E-state index >= 15 is 0 Å². The van der Waals surface area contributed by atoms with Crippen LogP contribution in [0.25, 0.3) is 5.57 Å². The number of hydrogen-bond acceptors (Lipinski definition) is 7. The molecule has 1 heterocycles. The van der Waals surface area contributed by atoms with Gasteiger partial charge in [-0.3, -0.25) is 0 Å². The van der Waals surface area contributed by atoms with Gasteiger partial charge in [-0.25, -0.2) is 14.8 Å². The second kappa shape index (κ2) is 6.12. The second-order valence-electron chi connectivity index (χ2n) is 4.45. The van der Waals surface area contributed by atoms with Crippen molar-refractivity contribution >= 4 is 11.5 Å². The highest BCUT2D eigenvalue weighted by Crippen LogP contribution is 2.20. The van der Waals surface area contributed by atoms with E-state index in [4.69, 9.17) is 15.7 Å². The van der Waals surface area contributed by atoms with Crippen molar-refractivity contribution in [2.75, 3.05) is 6.61 Å². The van der Waals surface area contributed by atoms with Crippen LogP contribution in [0.5, 0.6) is 0 Å². The summed E-state index contributed by atoms with van der Waals surface area (Å²) in [6.07, 6.45) is 1.32. The van der Waals surface area contributed by atoms with Crippen LogP contribution in [0.4, 0.5) is 0 Å². The Morgan fingerprint density at radius 3 is 2.75 bits per heavy atom. The second-order valence-corrected chi connectivity index (χ2v) is 4.45. The van der Waals surface area contributed by atoms with Gasteiger partial charge in [-0.2, -0.15) is 5.26 Å². The van der Waals surface area contributed by atoms with Crippen LogP contribution in [-0.2, 0) is 4.74 Å². The molecule has 1 rings (SSSR count). The smallest absolute Gasteiger partial charge is 0.357 e. The summed E-state index contributed by atoms with van der Waals surface area (Å²) < 4.78 is 4.82. The maximum absolute atomic E-state index is 11.6. The largest absolute Gasteiger partial charge is 0.461 e. The number of nitrogens with two attached hydrogens (primary N) is 1. The predicted octanol–water partition coefficient (Wildman–Crippen LogP) is 0.618.